The maximum Gasteiger partial charge on any atom is 0.314 e. The van der Waals surface area contributed by atoms with Gasteiger partial charge in [-0.25, -0.2) is 4.39 Å². The minimum atomic E-state index is -0.798. The number of rotatable bonds is 7. The lowest BCUT2D eigenvalue weighted by Gasteiger charge is -2.41. The minimum absolute atomic E-state index is 0.00276. The number of aromatic nitrogens is 2. The van der Waals surface area contributed by atoms with Gasteiger partial charge in [-0.1, -0.05) is 12.1 Å². The second-order valence-corrected chi connectivity index (χ2v) is 7.24. The van der Waals surface area contributed by atoms with Gasteiger partial charge in [-0.2, -0.15) is 5.10 Å². The van der Waals surface area contributed by atoms with Gasteiger partial charge >= 0.3 is 5.97 Å². The van der Waals surface area contributed by atoms with Gasteiger partial charge in [0.1, 0.15) is 5.82 Å². The number of hydrogen-bond donors (Lipinski definition) is 0. The predicted molar refractivity (Wildman–Crippen MR) is 102 cm³/mol. The van der Waals surface area contributed by atoms with Gasteiger partial charge in [-0.15, -0.1) is 0 Å². The number of esters is 1. The lowest BCUT2D eigenvalue weighted by Crippen LogP contribution is -2.51. The molecule has 0 bridgehead atoms. The number of amides is 1. The zero-order valence-electron chi connectivity index (χ0n) is 16.1. The molecule has 0 radical (unpaired) electrons. The fraction of sp³-hybridized carbons (Fsp3) is 0.476. The van der Waals surface area contributed by atoms with E-state index in [1.165, 1.54) is 12.1 Å². The van der Waals surface area contributed by atoms with Crippen molar-refractivity contribution in [2.75, 3.05) is 19.7 Å². The zero-order chi connectivity index (χ0) is 20.0. The summed E-state index contributed by atoms with van der Waals surface area (Å²) in [5.74, 6) is -0.597. The van der Waals surface area contributed by atoms with E-state index >= 15 is 0 Å². The van der Waals surface area contributed by atoms with Crippen LogP contribution in [0.25, 0.3) is 0 Å². The summed E-state index contributed by atoms with van der Waals surface area (Å²) in [6.45, 7) is 3.52. The van der Waals surface area contributed by atoms with Crippen molar-refractivity contribution in [2.45, 2.75) is 39.2 Å². The molecule has 1 aliphatic rings. The molecule has 1 aromatic carbocycles. The maximum atomic E-state index is 13.3. The average Bonchev–Trinajstić information content (AvgIpc) is 3.22. The molecule has 3 rings (SSSR count). The highest BCUT2D eigenvalue weighted by Crippen LogP contribution is 2.35. The highest BCUT2D eigenvalue weighted by Gasteiger charge is 2.44. The fourth-order valence-corrected chi connectivity index (χ4v) is 3.81. The molecular formula is C21H26FN3O3. The summed E-state index contributed by atoms with van der Waals surface area (Å²) in [5, 5.41) is 4.12. The summed E-state index contributed by atoms with van der Waals surface area (Å²) in [6, 6.07) is 7.98. The van der Waals surface area contributed by atoms with Crippen molar-refractivity contribution in [3.05, 3.63) is 54.1 Å². The van der Waals surface area contributed by atoms with Gasteiger partial charge in [0.2, 0.25) is 5.91 Å². The van der Waals surface area contributed by atoms with Crippen LogP contribution in [-0.2, 0) is 27.3 Å². The average molecular weight is 387 g/mol. The number of carbonyl (C=O) groups is 2. The van der Waals surface area contributed by atoms with E-state index in [9.17, 15) is 14.0 Å². The van der Waals surface area contributed by atoms with Crippen molar-refractivity contribution in [3.63, 3.8) is 0 Å². The summed E-state index contributed by atoms with van der Waals surface area (Å²) in [5.41, 5.74) is 0.0632. The Bertz CT molecular complexity index is 792. The van der Waals surface area contributed by atoms with Crippen molar-refractivity contribution in [1.29, 1.82) is 0 Å². The molecule has 1 atom stereocenters. The van der Waals surface area contributed by atoms with Crippen LogP contribution >= 0.6 is 0 Å². The first-order valence-electron chi connectivity index (χ1n) is 9.69. The number of aryl methyl sites for hydroxylation is 1. The number of hydrogen-bond acceptors (Lipinski definition) is 4. The molecule has 0 unspecified atom stereocenters. The number of likely N-dealkylation sites (tertiary alicyclic amines) is 1. The first-order valence-corrected chi connectivity index (χ1v) is 9.69. The summed E-state index contributed by atoms with van der Waals surface area (Å²) in [6.07, 6.45) is 5.63. The molecule has 1 fully saturated rings. The van der Waals surface area contributed by atoms with Crippen LogP contribution in [0.5, 0.6) is 0 Å². The second kappa shape index (κ2) is 8.99. The van der Waals surface area contributed by atoms with Gasteiger partial charge in [-0.05, 0) is 49.9 Å². The number of piperidine rings is 1. The maximum absolute atomic E-state index is 13.3. The van der Waals surface area contributed by atoms with Gasteiger partial charge in [0.15, 0.2) is 0 Å². The molecule has 1 aromatic heterocycles. The van der Waals surface area contributed by atoms with E-state index in [1.807, 2.05) is 12.3 Å². The Morgan fingerprint density at radius 1 is 1.29 bits per heavy atom. The largest absolute Gasteiger partial charge is 0.466 e. The van der Waals surface area contributed by atoms with Crippen LogP contribution in [-0.4, -0.2) is 46.3 Å². The fourth-order valence-electron chi connectivity index (χ4n) is 3.81. The Morgan fingerprint density at radius 2 is 2.07 bits per heavy atom. The Kier molecular flexibility index (Phi) is 6.44. The number of halogens is 1. The third kappa shape index (κ3) is 4.77. The summed E-state index contributed by atoms with van der Waals surface area (Å²) >= 11 is 0. The molecule has 7 heteroatoms. The van der Waals surface area contributed by atoms with E-state index in [2.05, 4.69) is 5.10 Å². The molecule has 2 heterocycles. The number of benzene rings is 1. The first kappa shape index (κ1) is 20.0. The lowest BCUT2D eigenvalue weighted by molar-refractivity contribution is -0.160. The molecular weight excluding hydrogens is 361 g/mol. The Balaban J connectivity index is 1.73. The SMILES string of the molecule is CCOC(=O)[C@]1(Cc2ccc(F)cc2)CCCN(C(=O)CCn2cccn2)C1. The highest BCUT2D eigenvalue weighted by atomic mass is 19.1. The van der Waals surface area contributed by atoms with Crippen molar-refractivity contribution < 1.29 is 18.7 Å². The first-order chi connectivity index (χ1) is 13.5. The van der Waals surface area contributed by atoms with Crippen LogP contribution in [0.4, 0.5) is 4.39 Å². The topological polar surface area (TPSA) is 64.4 Å². The summed E-state index contributed by atoms with van der Waals surface area (Å²) in [7, 11) is 0. The van der Waals surface area contributed by atoms with E-state index in [0.29, 0.717) is 38.9 Å². The number of ether oxygens (including phenoxy) is 1. The van der Waals surface area contributed by atoms with Crippen molar-refractivity contribution in [2.24, 2.45) is 5.41 Å². The standard InChI is InChI=1S/C21H26FN3O3/c1-2-28-20(27)21(15-17-5-7-18(22)8-6-17)10-3-12-24(16-21)19(26)9-14-25-13-4-11-23-25/h4-8,11,13H,2-3,9-10,12,14-16H2,1H3/t21-/m0/s1. The van der Waals surface area contributed by atoms with E-state index in [-0.39, 0.29) is 24.3 Å². The van der Waals surface area contributed by atoms with Gasteiger partial charge in [0.25, 0.3) is 0 Å². The Labute approximate surface area is 164 Å². The third-order valence-electron chi connectivity index (χ3n) is 5.21. The molecule has 1 aliphatic heterocycles. The molecule has 150 valence electrons. The quantitative estimate of drug-likeness (QED) is 0.686. The molecule has 6 nitrogen and oxygen atoms in total. The van der Waals surface area contributed by atoms with Crippen molar-refractivity contribution in [1.82, 2.24) is 14.7 Å². The minimum Gasteiger partial charge on any atom is -0.466 e. The smallest absolute Gasteiger partial charge is 0.314 e. The molecule has 2 aromatic rings. The molecule has 0 saturated carbocycles. The second-order valence-electron chi connectivity index (χ2n) is 7.24. The highest BCUT2D eigenvalue weighted by molar-refractivity contribution is 5.81. The van der Waals surface area contributed by atoms with Crippen LogP contribution in [0.15, 0.2) is 42.7 Å². The van der Waals surface area contributed by atoms with Crippen LogP contribution in [0, 0.1) is 11.2 Å². The van der Waals surface area contributed by atoms with E-state index in [4.69, 9.17) is 4.74 Å². The molecule has 28 heavy (non-hydrogen) atoms. The predicted octanol–water partition coefficient (Wildman–Crippen LogP) is 2.83. The monoisotopic (exact) mass is 387 g/mol. The zero-order valence-corrected chi connectivity index (χ0v) is 16.1. The van der Waals surface area contributed by atoms with Crippen LogP contribution in [0.2, 0.25) is 0 Å². The van der Waals surface area contributed by atoms with Crippen molar-refractivity contribution in [3.8, 4) is 0 Å². The molecule has 1 amide bonds. The van der Waals surface area contributed by atoms with E-state index < -0.39 is 5.41 Å². The lowest BCUT2D eigenvalue weighted by atomic mass is 9.75. The van der Waals surface area contributed by atoms with Gasteiger partial charge in [-0.3, -0.25) is 14.3 Å². The van der Waals surface area contributed by atoms with Crippen molar-refractivity contribution >= 4 is 11.9 Å². The van der Waals surface area contributed by atoms with Crippen LogP contribution in [0.3, 0.4) is 0 Å². The van der Waals surface area contributed by atoms with Gasteiger partial charge in [0.05, 0.1) is 12.0 Å². The van der Waals surface area contributed by atoms with Crippen LogP contribution in [0.1, 0.15) is 31.7 Å². The van der Waals surface area contributed by atoms with Crippen LogP contribution < -0.4 is 0 Å². The summed E-state index contributed by atoms with van der Waals surface area (Å²) < 4.78 is 20.3. The van der Waals surface area contributed by atoms with Gasteiger partial charge in [0, 0.05) is 38.4 Å². The summed E-state index contributed by atoms with van der Waals surface area (Å²) in [4.78, 5) is 27.4. The third-order valence-corrected chi connectivity index (χ3v) is 5.21. The Hall–Kier alpha value is -2.70. The van der Waals surface area contributed by atoms with E-state index in [1.54, 1.807) is 34.8 Å². The normalized spacial score (nSPS) is 19.4. The molecule has 0 N–H and O–H groups in total. The number of nitrogens with zero attached hydrogens (tertiary/aromatic N) is 3. The Morgan fingerprint density at radius 3 is 2.75 bits per heavy atom. The van der Waals surface area contributed by atoms with E-state index in [0.717, 1.165) is 12.0 Å². The number of carbonyl (C=O) groups excluding carboxylic acids is 2. The molecule has 0 aliphatic carbocycles. The molecule has 1 saturated heterocycles. The molecule has 0 spiro atoms. The van der Waals surface area contributed by atoms with Gasteiger partial charge < -0.3 is 9.64 Å².